The lowest BCUT2D eigenvalue weighted by molar-refractivity contribution is -0.121. The third-order valence-electron chi connectivity index (χ3n) is 4.20. The van der Waals surface area contributed by atoms with E-state index in [1.54, 1.807) is 25.1 Å². The van der Waals surface area contributed by atoms with Crippen LogP contribution < -0.4 is 19.5 Å². The standard InChI is InChI=1S/C19H22N2O5S/c1-13-3-4-14(2)18(9-13)27(23,24)21-8-7-19(22)20-11-15-5-6-16-17(10-15)26-12-25-16/h3-6,9-10,21H,7-8,11-12H2,1-2H3,(H,20,22). The number of benzene rings is 2. The van der Waals surface area contributed by atoms with Gasteiger partial charge >= 0.3 is 0 Å². The van der Waals surface area contributed by atoms with Gasteiger partial charge in [0, 0.05) is 19.5 Å². The SMILES string of the molecule is Cc1ccc(C)c(S(=O)(=O)NCCC(=O)NCc2ccc3c(c2)OCO3)c1. The molecule has 0 atom stereocenters. The number of fused-ring (bicyclic) bond motifs is 1. The number of rotatable bonds is 7. The second kappa shape index (κ2) is 7.98. The van der Waals surface area contributed by atoms with E-state index >= 15 is 0 Å². The Bertz CT molecular complexity index is 957. The first-order chi connectivity index (χ1) is 12.8. The highest BCUT2D eigenvalue weighted by Crippen LogP contribution is 2.32. The van der Waals surface area contributed by atoms with Gasteiger partial charge in [0.2, 0.25) is 22.7 Å². The third-order valence-corrected chi connectivity index (χ3v) is 5.81. The molecule has 0 bridgehead atoms. The van der Waals surface area contributed by atoms with Crippen LogP contribution in [0.2, 0.25) is 0 Å². The fourth-order valence-electron chi connectivity index (χ4n) is 2.71. The monoisotopic (exact) mass is 390 g/mol. The average Bonchev–Trinajstić information content (AvgIpc) is 3.09. The summed E-state index contributed by atoms with van der Waals surface area (Å²) in [6.45, 7) is 4.14. The van der Waals surface area contributed by atoms with Gasteiger partial charge in [-0.15, -0.1) is 0 Å². The van der Waals surface area contributed by atoms with E-state index in [-0.39, 0.29) is 30.6 Å². The van der Waals surface area contributed by atoms with Gasteiger partial charge in [-0.05, 0) is 48.7 Å². The lowest BCUT2D eigenvalue weighted by Crippen LogP contribution is -2.31. The van der Waals surface area contributed by atoms with Crippen molar-refractivity contribution in [1.29, 1.82) is 0 Å². The van der Waals surface area contributed by atoms with Crippen LogP contribution in [0.1, 0.15) is 23.1 Å². The molecule has 7 nitrogen and oxygen atoms in total. The van der Waals surface area contributed by atoms with Crippen molar-refractivity contribution in [1.82, 2.24) is 10.0 Å². The fraction of sp³-hybridized carbons (Fsp3) is 0.316. The van der Waals surface area contributed by atoms with Crippen molar-refractivity contribution >= 4 is 15.9 Å². The Morgan fingerprint density at radius 3 is 2.67 bits per heavy atom. The van der Waals surface area contributed by atoms with Crippen LogP contribution in [-0.4, -0.2) is 27.7 Å². The van der Waals surface area contributed by atoms with Crippen molar-refractivity contribution < 1.29 is 22.7 Å². The molecule has 1 aliphatic rings. The Morgan fingerprint density at radius 1 is 1.07 bits per heavy atom. The van der Waals surface area contributed by atoms with Crippen LogP contribution in [0, 0.1) is 13.8 Å². The zero-order valence-electron chi connectivity index (χ0n) is 15.2. The van der Waals surface area contributed by atoms with Crippen molar-refractivity contribution in [3.8, 4) is 11.5 Å². The van der Waals surface area contributed by atoms with Crippen molar-refractivity contribution in [2.24, 2.45) is 0 Å². The lowest BCUT2D eigenvalue weighted by Gasteiger charge is -2.10. The first-order valence-electron chi connectivity index (χ1n) is 8.57. The van der Waals surface area contributed by atoms with E-state index in [4.69, 9.17) is 9.47 Å². The van der Waals surface area contributed by atoms with E-state index < -0.39 is 10.0 Å². The molecule has 0 aromatic heterocycles. The second-order valence-corrected chi connectivity index (χ2v) is 8.12. The topological polar surface area (TPSA) is 93.7 Å². The summed E-state index contributed by atoms with van der Waals surface area (Å²) in [5.74, 6) is 1.10. The second-order valence-electron chi connectivity index (χ2n) is 6.38. The van der Waals surface area contributed by atoms with Crippen LogP contribution in [0.25, 0.3) is 0 Å². The summed E-state index contributed by atoms with van der Waals surface area (Å²) in [4.78, 5) is 12.2. The molecule has 3 rings (SSSR count). The molecule has 0 saturated carbocycles. The van der Waals surface area contributed by atoms with Crippen LogP contribution in [0.5, 0.6) is 11.5 Å². The first kappa shape index (κ1) is 19.2. The normalized spacial score (nSPS) is 12.8. The fourth-order valence-corrected chi connectivity index (χ4v) is 4.07. The highest BCUT2D eigenvalue weighted by atomic mass is 32.2. The number of nitrogens with one attached hydrogen (secondary N) is 2. The van der Waals surface area contributed by atoms with E-state index in [9.17, 15) is 13.2 Å². The summed E-state index contributed by atoms with van der Waals surface area (Å²) in [7, 11) is -3.64. The summed E-state index contributed by atoms with van der Waals surface area (Å²) in [5.41, 5.74) is 2.41. The molecule has 0 unspecified atom stereocenters. The molecule has 0 aliphatic carbocycles. The van der Waals surface area contributed by atoms with Gasteiger partial charge in [0.15, 0.2) is 11.5 Å². The Morgan fingerprint density at radius 2 is 1.85 bits per heavy atom. The first-order valence-corrected chi connectivity index (χ1v) is 10.1. The summed E-state index contributed by atoms with van der Waals surface area (Å²) >= 11 is 0. The van der Waals surface area contributed by atoms with E-state index in [2.05, 4.69) is 10.0 Å². The zero-order valence-corrected chi connectivity index (χ0v) is 16.1. The van der Waals surface area contributed by atoms with E-state index in [1.807, 2.05) is 25.1 Å². The minimum Gasteiger partial charge on any atom is -0.454 e. The van der Waals surface area contributed by atoms with Gasteiger partial charge in [0.05, 0.1) is 4.90 Å². The number of hydrogen-bond donors (Lipinski definition) is 2. The van der Waals surface area contributed by atoms with Crippen LogP contribution in [0.3, 0.4) is 0 Å². The van der Waals surface area contributed by atoms with Gasteiger partial charge < -0.3 is 14.8 Å². The predicted molar refractivity (Wildman–Crippen MR) is 100 cm³/mol. The van der Waals surface area contributed by atoms with Gasteiger partial charge in [-0.2, -0.15) is 0 Å². The summed E-state index contributed by atoms with van der Waals surface area (Å²) in [6.07, 6.45) is 0.0502. The molecule has 2 aromatic carbocycles. The largest absolute Gasteiger partial charge is 0.454 e. The Hall–Kier alpha value is -2.58. The summed E-state index contributed by atoms with van der Waals surface area (Å²) in [6, 6.07) is 10.7. The molecule has 0 fully saturated rings. The molecule has 8 heteroatoms. The molecular formula is C19H22N2O5S. The van der Waals surface area contributed by atoms with E-state index in [0.29, 0.717) is 23.6 Å². The van der Waals surface area contributed by atoms with Gasteiger partial charge in [-0.1, -0.05) is 18.2 Å². The minimum absolute atomic E-state index is 0.0304. The number of aryl methyl sites for hydroxylation is 2. The molecule has 1 aliphatic heterocycles. The van der Waals surface area contributed by atoms with Crippen molar-refractivity contribution in [3.05, 3.63) is 53.1 Å². The zero-order chi connectivity index (χ0) is 19.4. The van der Waals surface area contributed by atoms with Crippen LogP contribution >= 0.6 is 0 Å². The highest BCUT2D eigenvalue weighted by Gasteiger charge is 2.17. The molecule has 27 heavy (non-hydrogen) atoms. The van der Waals surface area contributed by atoms with Crippen LogP contribution in [0.15, 0.2) is 41.3 Å². The van der Waals surface area contributed by atoms with Crippen molar-refractivity contribution in [2.75, 3.05) is 13.3 Å². The predicted octanol–water partition coefficient (Wildman–Crippen LogP) is 2.02. The third kappa shape index (κ3) is 4.78. The lowest BCUT2D eigenvalue weighted by atomic mass is 10.2. The number of sulfonamides is 1. The Labute approximate surface area is 158 Å². The van der Waals surface area contributed by atoms with E-state index in [1.165, 1.54) is 0 Å². The average molecular weight is 390 g/mol. The summed E-state index contributed by atoms with van der Waals surface area (Å²) < 4.78 is 37.8. The molecular weight excluding hydrogens is 368 g/mol. The minimum atomic E-state index is -3.64. The number of carbonyl (C=O) groups excluding carboxylic acids is 1. The molecule has 2 aromatic rings. The maximum absolute atomic E-state index is 12.4. The molecule has 0 radical (unpaired) electrons. The molecule has 1 heterocycles. The van der Waals surface area contributed by atoms with Gasteiger partial charge in [0.1, 0.15) is 0 Å². The van der Waals surface area contributed by atoms with Gasteiger partial charge in [-0.25, -0.2) is 13.1 Å². The number of carbonyl (C=O) groups is 1. The van der Waals surface area contributed by atoms with Crippen molar-refractivity contribution in [3.63, 3.8) is 0 Å². The maximum atomic E-state index is 12.4. The molecule has 0 saturated heterocycles. The Balaban J connectivity index is 1.48. The van der Waals surface area contributed by atoms with Crippen molar-refractivity contribution in [2.45, 2.75) is 31.7 Å². The van der Waals surface area contributed by atoms with Gasteiger partial charge in [0.25, 0.3) is 0 Å². The molecule has 2 N–H and O–H groups in total. The number of amides is 1. The number of hydrogen-bond acceptors (Lipinski definition) is 5. The molecule has 1 amide bonds. The van der Waals surface area contributed by atoms with E-state index in [0.717, 1.165) is 11.1 Å². The smallest absolute Gasteiger partial charge is 0.240 e. The summed E-state index contributed by atoms with van der Waals surface area (Å²) in [5, 5.41) is 2.77. The van der Waals surface area contributed by atoms with Gasteiger partial charge in [-0.3, -0.25) is 4.79 Å². The highest BCUT2D eigenvalue weighted by molar-refractivity contribution is 7.89. The van der Waals surface area contributed by atoms with Crippen LogP contribution in [0.4, 0.5) is 0 Å². The molecule has 0 spiro atoms. The van der Waals surface area contributed by atoms with Crippen LogP contribution in [-0.2, 0) is 21.4 Å². The number of ether oxygens (including phenoxy) is 2. The Kier molecular flexibility index (Phi) is 5.67. The quantitative estimate of drug-likeness (QED) is 0.754. The maximum Gasteiger partial charge on any atom is 0.240 e. The molecule has 144 valence electrons.